The summed E-state index contributed by atoms with van der Waals surface area (Å²) >= 11 is 0. The minimum absolute atomic E-state index is 0.401. The summed E-state index contributed by atoms with van der Waals surface area (Å²) in [5.74, 6) is 0. The number of nitrogens with zero attached hydrogens (tertiary/aromatic N) is 1. The Balaban J connectivity index is 1.50. The van der Waals surface area contributed by atoms with Gasteiger partial charge in [-0.3, -0.25) is 4.90 Å². The molecule has 1 aliphatic carbocycles. The molecule has 4 nitrogen and oxygen atoms in total. The molecule has 1 saturated carbocycles. The first kappa shape index (κ1) is 12.9. The molecule has 0 radical (unpaired) electrons. The van der Waals surface area contributed by atoms with Crippen LogP contribution in [0.5, 0.6) is 0 Å². The summed E-state index contributed by atoms with van der Waals surface area (Å²) in [4.78, 5) is 2.44. The van der Waals surface area contributed by atoms with Crippen LogP contribution in [0.3, 0.4) is 0 Å². The minimum atomic E-state index is 0.401. The molecule has 0 unspecified atom stereocenters. The van der Waals surface area contributed by atoms with E-state index in [1.165, 1.54) is 11.3 Å². The number of anilines is 1. The fourth-order valence-corrected chi connectivity index (χ4v) is 2.74. The van der Waals surface area contributed by atoms with Gasteiger partial charge in [-0.05, 0) is 30.5 Å². The fraction of sp³-hybridized carbons (Fsp3) is 0.600. The molecule has 0 aromatic heterocycles. The second-order valence-electron chi connectivity index (χ2n) is 5.66. The van der Waals surface area contributed by atoms with Gasteiger partial charge in [-0.25, -0.2) is 0 Å². The Morgan fingerprint density at radius 2 is 1.84 bits per heavy atom. The smallest absolute Gasteiger partial charge is 0.0594 e. The van der Waals surface area contributed by atoms with Crippen molar-refractivity contribution >= 4 is 5.69 Å². The second-order valence-corrected chi connectivity index (χ2v) is 5.66. The summed E-state index contributed by atoms with van der Waals surface area (Å²) in [6.07, 6.45) is 2.19. The maximum absolute atomic E-state index is 5.80. The van der Waals surface area contributed by atoms with Gasteiger partial charge in [0.15, 0.2) is 0 Å². The van der Waals surface area contributed by atoms with Crippen LogP contribution in [0.25, 0.3) is 0 Å². The molecule has 0 atom stereocenters. The van der Waals surface area contributed by atoms with Gasteiger partial charge in [0, 0.05) is 37.4 Å². The summed E-state index contributed by atoms with van der Waals surface area (Å²) < 4.78 is 5.37. The fourth-order valence-electron chi connectivity index (χ4n) is 2.74. The van der Waals surface area contributed by atoms with Gasteiger partial charge in [0.05, 0.1) is 13.2 Å². The Morgan fingerprint density at radius 1 is 1.16 bits per heavy atom. The van der Waals surface area contributed by atoms with Crippen molar-refractivity contribution in [2.75, 3.05) is 31.6 Å². The van der Waals surface area contributed by atoms with Crippen LogP contribution in [0.4, 0.5) is 5.69 Å². The van der Waals surface area contributed by atoms with Gasteiger partial charge >= 0.3 is 0 Å². The number of hydrogen-bond donors (Lipinski definition) is 2. The van der Waals surface area contributed by atoms with Crippen LogP contribution in [0.2, 0.25) is 0 Å². The molecule has 19 heavy (non-hydrogen) atoms. The average molecular weight is 261 g/mol. The molecule has 0 amide bonds. The number of benzene rings is 1. The molecule has 3 N–H and O–H groups in total. The van der Waals surface area contributed by atoms with Crippen LogP contribution < -0.4 is 11.1 Å². The predicted octanol–water partition coefficient (Wildman–Crippen LogP) is 1.42. The number of rotatable bonds is 4. The molecule has 1 aromatic carbocycles. The van der Waals surface area contributed by atoms with E-state index in [0.29, 0.717) is 12.1 Å². The predicted molar refractivity (Wildman–Crippen MR) is 77.2 cm³/mol. The zero-order chi connectivity index (χ0) is 13.1. The molecule has 3 rings (SSSR count). The van der Waals surface area contributed by atoms with Crippen molar-refractivity contribution in [1.82, 2.24) is 4.90 Å². The number of nitrogens with one attached hydrogen (secondary N) is 1. The van der Waals surface area contributed by atoms with E-state index in [1.54, 1.807) is 0 Å². The van der Waals surface area contributed by atoms with Gasteiger partial charge in [0.2, 0.25) is 0 Å². The normalized spacial score (nSPS) is 27.8. The van der Waals surface area contributed by atoms with Crippen LogP contribution in [0, 0.1) is 0 Å². The maximum Gasteiger partial charge on any atom is 0.0594 e. The second kappa shape index (κ2) is 5.90. The molecule has 0 bridgehead atoms. The Morgan fingerprint density at radius 3 is 2.47 bits per heavy atom. The summed E-state index contributed by atoms with van der Waals surface area (Å²) in [7, 11) is 0. The Kier molecular flexibility index (Phi) is 4.01. The van der Waals surface area contributed by atoms with Gasteiger partial charge in [-0.15, -0.1) is 0 Å². The van der Waals surface area contributed by atoms with E-state index in [-0.39, 0.29) is 0 Å². The number of hydrogen-bond acceptors (Lipinski definition) is 4. The summed E-state index contributed by atoms with van der Waals surface area (Å²) in [6, 6.07) is 9.77. The Bertz CT molecular complexity index is 394. The van der Waals surface area contributed by atoms with Crippen molar-refractivity contribution in [2.45, 2.75) is 31.5 Å². The minimum Gasteiger partial charge on any atom is -0.382 e. The van der Waals surface area contributed by atoms with Crippen molar-refractivity contribution in [3.05, 3.63) is 29.8 Å². The average Bonchev–Trinajstić information content (AvgIpc) is 2.40. The zero-order valence-corrected chi connectivity index (χ0v) is 11.3. The van der Waals surface area contributed by atoms with Gasteiger partial charge in [-0.2, -0.15) is 0 Å². The van der Waals surface area contributed by atoms with E-state index < -0.39 is 0 Å². The quantitative estimate of drug-likeness (QED) is 0.860. The highest BCUT2D eigenvalue weighted by atomic mass is 16.5. The van der Waals surface area contributed by atoms with Gasteiger partial charge < -0.3 is 15.8 Å². The maximum atomic E-state index is 5.80. The van der Waals surface area contributed by atoms with Crippen LogP contribution >= 0.6 is 0 Å². The molecular weight excluding hydrogens is 238 g/mol. The van der Waals surface area contributed by atoms with Gasteiger partial charge in [0.1, 0.15) is 0 Å². The SMILES string of the molecule is NC1CC(Nc2ccc(CN3CCOCC3)cc2)C1. The van der Waals surface area contributed by atoms with Gasteiger partial charge in [0.25, 0.3) is 0 Å². The lowest BCUT2D eigenvalue weighted by atomic mass is 9.87. The van der Waals surface area contributed by atoms with Crippen molar-refractivity contribution in [1.29, 1.82) is 0 Å². The summed E-state index contributed by atoms with van der Waals surface area (Å²) in [6.45, 7) is 4.83. The van der Waals surface area contributed by atoms with E-state index in [0.717, 1.165) is 45.7 Å². The van der Waals surface area contributed by atoms with Crippen LogP contribution in [0.15, 0.2) is 24.3 Å². The standard InChI is InChI=1S/C15H23N3O/c16-13-9-15(10-13)17-14-3-1-12(2-4-14)11-18-5-7-19-8-6-18/h1-4,13,15,17H,5-11,16H2. The molecular formula is C15H23N3O. The highest BCUT2D eigenvalue weighted by molar-refractivity contribution is 5.46. The molecule has 1 aromatic rings. The molecule has 2 aliphatic rings. The summed E-state index contributed by atoms with van der Waals surface area (Å²) in [5, 5.41) is 3.53. The number of morpholine rings is 1. The third-order valence-corrected chi connectivity index (χ3v) is 4.01. The van der Waals surface area contributed by atoms with Crippen molar-refractivity contribution in [2.24, 2.45) is 5.73 Å². The van der Waals surface area contributed by atoms with E-state index in [1.807, 2.05) is 0 Å². The molecule has 1 saturated heterocycles. The Labute approximate surface area is 114 Å². The third kappa shape index (κ3) is 3.47. The summed E-state index contributed by atoms with van der Waals surface area (Å²) in [5.41, 5.74) is 8.38. The first-order chi connectivity index (χ1) is 9.29. The zero-order valence-electron chi connectivity index (χ0n) is 11.3. The van der Waals surface area contributed by atoms with E-state index in [9.17, 15) is 0 Å². The lowest BCUT2D eigenvalue weighted by Crippen LogP contribution is -2.44. The lowest BCUT2D eigenvalue weighted by molar-refractivity contribution is 0.0342. The molecule has 1 aliphatic heterocycles. The largest absolute Gasteiger partial charge is 0.382 e. The highest BCUT2D eigenvalue weighted by Crippen LogP contribution is 2.23. The number of nitrogens with two attached hydrogens (primary N) is 1. The lowest BCUT2D eigenvalue weighted by Gasteiger charge is -2.33. The Hall–Kier alpha value is -1.10. The van der Waals surface area contributed by atoms with Crippen LogP contribution in [-0.4, -0.2) is 43.3 Å². The third-order valence-electron chi connectivity index (χ3n) is 4.01. The first-order valence-corrected chi connectivity index (χ1v) is 7.21. The van der Waals surface area contributed by atoms with Gasteiger partial charge in [-0.1, -0.05) is 12.1 Å². The first-order valence-electron chi connectivity index (χ1n) is 7.21. The number of ether oxygens (including phenoxy) is 1. The van der Waals surface area contributed by atoms with Crippen molar-refractivity contribution < 1.29 is 4.74 Å². The van der Waals surface area contributed by atoms with Crippen LogP contribution in [0.1, 0.15) is 18.4 Å². The molecule has 1 heterocycles. The van der Waals surface area contributed by atoms with E-state index in [4.69, 9.17) is 10.5 Å². The van der Waals surface area contributed by atoms with Crippen molar-refractivity contribution in [3.8, 4) is 0 Å². The van der Waals surface area contributed by atoms with E-state index >= 15 is 0 Å². The van der Waals surface area contributed by atoms with Crippen molar-refractivity contribution in [3.63, 3.8) is 0 Å². The molecule has 4 heteroatoms. The molecule has 2 fully saturated rings. The highest BCUT2D eigenvalue weighted by Gasteiger charge is 2.25. The topological polar surface area (TPSA) is 50.5 Å². The van der Waals surface area contributed by atoms with E-state index in [2.05, 4.69) is 34.5 Å². The monoisotopic (exact) mass is 261 g/mol. The van der Waals surface area contributed by atoms with Crippen LogP contribution in [-0.2, 0) is 11.3 Å². The molecule has 104 valence electrons. The molecule has 0 spiro atoms.